The lowest BCUT2D eigenvalue weighted by molar-refractivity contribution is -0.385. The number of carbonyl (C=O) groups is 1. The molecular formula is C13H14FN3O3. The maximum atomic E-state index is 14.0. The van der Waals surface area contributed by atoms with E-state index in [1.807, 2.05) is 6.07 Å². The molecule has 0 heterocycles. The fourth-order valence-corrected chi connectivity index (χ4v) is 1.77. The van der Waals surface area contributed by atoms with Gasteiger partial charge in [0.05, 0.1) is 23.0 Å². The summed E-state index contributed by atoms with van der Waals surface area (Å²) in [6, 6.07) is 3.91. The number of carbonyl (C=O) groups excluding carboxylic acids is 1. The molecule has 1 aromatic carbocycles. The second kappa shape index (κ2) is 6.61. The van der Waals surface area contributed by atoms with E-state index < -0.39 is 16.6 Å². The van der Waals surface area contributed by atoms with Gasteiger partial charge in [-0.2, -0.15) is 5.26 Å². The minimum Gasteiger partial charge on any atom is -0.338 e. The Balaban J connectivity index is 3.20. The molecule has 0 N–H and O–H groups in total. The number of nitrogens with zero attached hydrogens (tertiary/aromatic N) is 3. The lowest BCUT2D eigenvalue weighted by atomic mass is 10.1. The first-order chi connectivity index (χ1) is 9.42. The molecule has 7 heteroatoms. The molecule has 0 bridgehead atoms. The molecule has 1 rings (SSSR count). The molecule has 6 nitrogen and oxygen atoms in total. The van der Waals surface area contributed by atoms with Crippen molar-refractivity contribution in [2.45, 2.75) is 20.3 Å². The fraction of sp³-hybridized carbons (Fsp3) is 0.385. The van der Waals surface area contributed by atoms with Gasteiger partial charge in [0.25, 0.3) is 11.6 Å². The SMILES string of the molecule is CCN(CCC#N)C(=O)c1cc([N+](=O)[O-])cc(C)c1F. The number of benzene rings is 1. The van der Waals surface area contributed by atoms with E-state index in [0.717, 1.165) is 12.1 Å². The predicted molar refractivity (Wildman–Crippen MR) is 69.6 cm³/mol. The Bertz CT molecular complexity index is 581. The number of amides is 1. The smallest absolute Gasteiger partial charge is 0.270 e. The summed E-state index contributed by atoms with van der Waals surface area (Å²) < 4.78 is 14.0. The first-order valence-electron chi connectivity index (χ1n) is 6.03. The lowest BCUT2D eigenvalue weighted by Gasteiger charge is -2.20. The van der Waals surface area contributed by atoms with Gasteiger partial charge in [0.2, 0.25) is 0 Å². The summed E-state index contributed by atoms with van der Waals surface area (Å²) >= 11 is 0. The minimum absolute atomic E-state index is 0.0406. The van der Waals surface area contributed by atoms with Gasteiger partial charge in [-0.15, -0.1) is 0 Å². The second-order valence-electron chi connectivity index (χ2n) is 4.17. The Morgan fingerprint density at radius 3 is 2.70 bits per heavy atom. The molecule has 0 aromatic heterocycles. The van der Waals surface area contributed by atoms with Crippen LogP contribution in [0.4, 0.5) is 10.1 Å². The highest BCUT2D eigenvalue weighted by Crippen LogP contribution is 2.22. The normalized spacial score (nSPS) is 9.90. The van der Waals surface area contributed by atoms with E-state index in [9.17, 15) is 19.3 Å². The predicted octanol–water partition coefficient (Wildman–Crippen LogP) is 2.42. The molecule has 0 fully saturated rings. The van der Waals surface area contributed by atoms with Crippen molar-refractivity contribution in [1.29, 1.82) is 5.26 Å². The largest absolute Gasteiger partial charge is 0.338 e. The van der Waals surface area contributed by atoms with Crippen molar-refractivity contribution in [2.75, 3.05) is 13.1 Å². The molecule has 0 saturated heterocycles. The van der Waals surface area contributed by atoms with E-state index in [4.69, 9.17) is 5.26 Å². The molecule has 106 valence electrons. The number of hydrogen-bond acceptors (Lipinski definition) is 4. The highest BCUT2D eigenvalue weighted by atomic mass is 19.1. The molecule has 1 amide bonds. The van der Waals surface area contributed by atoms with Crippen molar-refractivity contribution in [3.8, 4) is 6.07 Å². The number of non-ortho nitro benzene ring substituents is 1. The minimum atomic E-state index is -0.768. The van der Waals surface area contributed by atoms with Crippen LogP contribution < -0.4 is 0 Å². The van der Waals surface area contributed by atoms with Crippen molar-refractivity contribution in [1.82, 2.24) is 4.90 Å². The molecule has 0 aliphatic carbocycles. The number of nitriles is 1. The van der Waals surface area contributed by atoms with E-state index in [0.29, 0.717) is 6.54 Å². The van der Waals surface area contributed by atoms with Gasteiger partial charge >= 0.3 is 0 Å². The van der Waals surface area contributed by atoms with Crippen molar-refractivity contribution in [3.63, 3.8) is 0 Å². The van der Waals surface area contributed by atoms with Crippen LogP contribution in [0.5, 0.6) is 0 Å². The lowest BCUT2D eigenvalue weighted by Crippen LogP contribution is -2.32. The summed E-state index contributed by atoms with van der Waals surface area (Å²) in [6.45, 7) is 3.51. The van der Waals surface area contributed by atoms with Crippen molar-refractivity contribution >= 4 is 11.6 Å². The van der Waals surface area contributed by atoms with E-state index in [-0.39, 0.29) is 29.8 Å². The maximum Gasteiger partial charge on any atom is 0.270 e. The van der Waals surface area contributed by atoms with Gasteiger partial charge in [0.1, 0.15) is 5.82 Å². The Hall–Kier alpha value is -2.49. The van der Waals surface area contributed by atoms with Gasteiger partial charge in [0, 0.05) is 25.2 Å². The van der Waals surface area contributed by atoms with Crippen LogP contribution in [-0.2, 0) is 0 Å². The Kier molecular flexibility index (Phi) is 5.15. The molecule has 0 radical (unpaired) electrons. The molecule has 0 unspecified atom stereocenters. The van der Waals surface area contributed by atoms with Crippen LogP contribution in [0.2, 0.25) is 0 Å². The first kappa shape index (κ1) is 15.6. The van der Waals surface area contributed by atoms with E-state index >= 15 is 0 Å². The molecule has 0 spiro atoms. The van der Waals surface area contributed by atoms with Crippen LogP contribution >= 0.6 is 0 Å². The molecule has 0 aliphatic heterocycles. The van der Waals surface area contributed by atoms with Crippen molar-refractivity contribution in [3.05, 3.63) is 39.2 Å². The Morgan fingerprint density at radius 2 is 2.20 bits per heavy atom. The molecule has 1 aromatic rings. The fourth-order valence-electron chi connectivity index (χ4n) is 1.77. The molecule has 20 heavy (non-hydrogen) atoms. The number of rotatable bonds is 5. The summed E-state index contributed by atoms with van der Waals surface area (Å²) in [4.78, 5) is 23.6. The summed E-state index contributed by atoms with van der Waals surface area (Å²) in [5.41, 5.74) is -0.626. The highest BCUT2D eigenvalue weighted by molar-refractivity contribution is 5.95. The third-order valence-corrected chi connectivity index (χ3v) is 2.84. The van der Waals surface area contributed by atoms with Crippen molar-refractivity contribution < 1.29 is 14.1 Å². The first-order valence-corrected chi connectivity index (χ1v) is 6.03. The third kappa shape index (κ3) is 3.29. The van der Waals surface area contributed by atoms with Gasteiger partial charge in [-0.25, -0.2) is 4.39 Å². The van der Waals surface area contributed by atoms with E-state index in [1.54, 1.807) is 6.92 Å². The number of nitro benzene ring substituents is 1. The van der Waals surface area contributed by atoms with Gasteiger partial charge in [-0.1, -0.05) is 0 Å². The summed E-state index contributed by atoms with van der Waals surface area (Å²) in [5, 5.41) is 19.3. The average molecular weight is 279 g/mol. The van der Waals surface area contributed by atoms with Gasteiger partial charge in [-0.05, 0) is 19.4 Å². The van der Waals surface area contributed by atoms with E-state index in [1.165, 1.54) is 11.8 Å². The zero-order chi connectivity index (χ0) is 15.3. The summed E-state index contributed by atoms with van der Waals surface area (Å²) in [6.07, 6.45) is 0.120. The van der Waals surface area contributed by atoms with Crippen LogP contribution in [0.15, 0.2) is 12.1 Å². The zero-order valence-corrected chi connectivity index (χ0v) is 11.2. The van der Waals surface area contributed by atoms with Gasteiger partial charge in [0.15, 0.2) is 0 Å². The topological polar surface area (TPSA) is 87.2 Å². The monoisotopic (exact) mass is 279 g/mol. The quantitative estimate of drug-likeness (QED) is 0.611. The third-order valence-electron chi connectivity index (χ3n) is 2.84. The average Bonchev–Trinajstić information content (AvgIpc) is 2.42. The highest BCUT2D eigenvalue weighted by Gasteiger charge is 2.23. The molecule has 0 saturated carbocycles. The Morgan fingerprint density at radius 1 is 1.55 bits per heavy atom. The van der Waals surface area contributed by atoms with Crippen LogP contribution in [0.3, 0.4) is 0 Å². The molecule has 0 atom stereocenters. The number of nitro groups is 1. The van der Waals surface area contributed by atoms with Crippen molar-refractivity contribution in [2.24, 2.45) is 0 Å². The zero-order valence-electron chi connectivity index (χ0n) is 11.2. The van der Waals surface area contributed by atoms with E-state index in [2.05, 4.69) is 0 Å². The van der Waals surface area contributed by atoms with Crippen LogP contribution in [0.25, 0.3) is 0 Å². The summed E-state index contributed by atoms with van der Waals surface area (Å²) in [5.74, 6) is -1.41. The standard InChI is InChI=1S/C13H14FN3O3/c1-3-16(6-4-5-15)13(18)11-8-10(17(19)20)7-9(2)12(11)14/h7-8H,3-4,6H2,1-2H3. The van der Waals surface area contributed by atoms with Gasteiger partial charge in [-0.3, -0.25) is 14.9 Å². The van der Waals surface area contributed by atoms with Crippen LogP contribution in [-0.4, -0.2) is 28.8 Å². The number of hydrogen-bond donors (Lipinski definition) is 0. The Labute approximate surface area is 115 Å². The van der Waals surface area contributed by atoms with Gasteiger partial charge < -0.3 is 4.90 Å². The summed E-state index contributed by atoms with van der Waals surface area (Å²) in [7, 11) is 0. The molecule has 0 aliphatic rings. The van der Waals surface area contributed by atoms with Crippen LogP contribution in [0.1, 0.15) is 29.3 Å². The maximum absolute atomic E-state index is 14.0. The number of halogens is 1. The van der Waals surface area contributed by atoms with Crippen LogP contribution in [0, 0.1) is 34.2 Å². The number of aryl methyl sites for hydroxylation is 1. The second-order valence-corrected chi connectivity index (χ2v) is 4.17. The molecular weight excluding hydrogens is 265 g/mol.